The summed E-state index contributed by atoms with van der Waals surface area (Å²) in [5.74, 6) is -0.0220. The van der Waals surface area contributed by atoms with Gasteiger partial charge < -0.3 is 10.1 Å². The summed E-state index contributed by atoms with van der Waals surface area (Å²) in [6, 6.07) is 0. The molecule has 0 aromatic carbocycles. The van der Waals surface area contributed by atoms with E-state index < -0.39 is 0 Å². The fourth-order valence-corrected chi connectivity index (χ4v) is 0.848. The van der Waals surface area contributed by atoms with Crippen LogP contribution in [0.1, 0.15) is 0 Å². The second-order valence-electron chi connectivity index (χ2n) is 2.92. The molecule has 1 N–H and O–H groups in total. The van der Waals surface area contributed by atoms with Gasteiger partial charge in [-0.2, -0.15) is 0 Å². The standard InChI is InChI=1S/C4H9B2NO2/c5-4(6)2-9-1-3(8)7-4/h1-2,5-6H2,(H,7,8). The van der Waals surface area contributed by atoms with E-state index in [4.69, 9.17) is 4.74 Å². The summed E-state index contributed by atoms with van der Waals surface area (Å²) in [6.07, 6.45) is 0. The topological polar surface area (TPSA) is 38.3 Å². The van der Waals surface area contributed by atoms with Crippen LogP contribution in [0.5, 0.6) is 0 Å². The van der Waals surface area contributed by atoms with Crippen LogP contribution in [-0.2, 0) is 9.53 Å². The van der Waals surface area contributed by atoms with Crippen molar-refractivity contribution in [1.29, 1.82) is 0 Å². The van der Waals surface area contributed by atoms with Crippen molar-refractivity contribution in [2.45, 2.75) is 5.34 Å². The summed E-state index contributed by atoms with van der Waals surface area (Å²) in [4.78, 5) is 10.6. The Morgan fingerprint density at radius 2 is 2.33 bits per heavy atom. The largest absolute Gasteiger partial charge is 0.371 e. The molecule has 0 saturated carbocycles. The molecule has 1 heterocycles. The van der Waals surface area contributed by atoms with Crippen LogP contribution in [0.4, 0.5) is 0 Å². The Morgan fingerprint density at radius 3 is 2.67 bits per heavy atom. The molecule has 9 heavy (non-hydrogen) atoms. The second kappa shape index (κ2) is 2.06. The van der Waals surface area contributed by atoms with Gasteiger partial charge in [0.25, 0.3) is 0 Å². The number of hydrogen-bond acceptors (Lipinski definition) is 2. The first-order valence-electron chi connectivity index (χ1n) is 2.99. The first-order chi connectivity index (χ1) is 4.10. The molecule has 1 fully saturated rings. The number of carbonyl (C=O) groups is 1. The zero-order chi connectivity index (χ0) is 6.91. The number of rotatable bonds is 0. The van der Waals surface area contributed by atoms with Crippen LogP contribution >= 0.6 is 0 Å². The molecule has 1 aliphatic heterocycles. The molecule has 1 aliphatic rings. The van der Waals surface area contributed by atoms with Crippen molar-refractivity contribution in [3.63, 3.8) is 0 Å². The lowest BCUT2D eigenvalue weighted by atomic mass is 9.62. The van der Waals surface area contributed by atoms with Gasteiger partial charge in [-0.15, -0.1) is 0 Å². The third-order valence-corrected chi connectivity index (χ3v) is 1.17. The molecule has 0 aromatic rings. The smallest absolute Gasteiger partial charge is 0.245 e. The van der Waals surface area contributed by atoms with E-state index in [0.29, 0.717) is 6.61 Å². The number of morpholine rings is 1. The Morgan fingerprint density at radius 1 is 1.67 bits per heavy atom. The van der Waals surface area contributed by atoms with Crippen LogP contribution < -0.4 is 5.32 Å². The van der Waals surface area contributed by atoms with Crippen molar-refractivity contribution >= 4 is 21.6 Å². The van der Waals surface area contributed by atoms with Gasteiger partial charge in [0.05, 0.1) is 6.61 Å². The molecule has 0 spiro atoms. The van der Waals surface area contributed by atoms with Crippen LogP contribution in [0.25, 0.3) is 0 Å². The first-order valence-corrected chi connectivity index (χ1v) is 2.99. The Balaban J connectivity index is 2.51. The van der Waals surface area contributed by atoms with Crippen LogP contribution in [0.15, 0.2) is 0 Å². The SMILES string of the molecule is BC1(B)COCC(=O)N1. The van der Waals surface area contributed by atoms with Gasteiger partial charge >= 0.3 is 0 Å². The van der Waals surface area contributed by atoms with Gasteiger partial charge in [0.15, 0.2) is 0 Å². The Kier molecular flexibility index (Phi) is 1.53. The van der Waals surface area contributed by atoms with Crippen LogP contribution in [0.2, 0.25) is 0 Å². The highest BCUT2D eigenvalue weighted by atomic mass is 16.5. The predicted molar refractivity (Wildman–Crippen MR) is 38.8 cm³/mol. The molecule has 0 aromatic heterocycles. The third kappa shape index (κ3) is 1.75. The van der Waals surface area contributed by atoms with Gasteiger partial charge in [-0.25, -0.2) is 0 Å². The fourth-order valence-electron chi connectivity index (χ4n) is 0.848. The Bertz CT molecular complexity index is 137. The Hall–Kier alpha value is -0.440. The number of hydrogen-bond donors (Lipinski definition) is 1. The van der Waals surface area contributed by atoms with Crippen molar-refractivity contribution < 1.29 is 9.53 Å². The van der Waals surface area contributed by atoms with E-state index in [1.165, 1.54) is 0 Å². The van der Waals surface area contributed by atoms with Gasteiger partial charge in [0.1, 0.15) is 22.3 Å². The van der Waals surface area contributed by atoms with E-state index >= 15 is 0 Å². The zero-order valence-corrected chi connectivity index (χ0v) is 5.73. The number of ether oxygens (including phenoxy) is 1. The van der Waals surface area contributed by atoms with E-state index in [9.17, 15) is 4.79 Å². The van der Waals surface area contributed by atoms with Gasteiger partial charge in [-0.1, -0.05) is 0 Å². The van der Waals surface area contributed by atoms with Crippen molar-refractivity contribution in [1.82, 2.24) is 5.32 Å². The summed E-state index contributed by atoms with van der Waals surface area (Å²) in [6.45, 7) is 0.822. The third-order valence-electron chi connectivity index (χ3n) is 1.17. The highest BCUT2D eigenvalue weighted by Gasteiger charge is 2.24. The van der Waals surface area contributed by atoms with E-state index in [2.05, 4.69) is 5.32 Å². The minimum Gasteiger partial charge on any atom is -0.371 e. The minimum absolute atomic E-state index is 0.0220. The molecule has 3 nitrogen and oxygen atoms in total. The van der Waals surface area contributed by atoms with E-state index in [1.807, 2.05) is 15.7 Å². The first kappa shape index (κ1) is 6.68. The van der Waals surface area contributed by atoms with E-state index in [1.54, 1.807) is 0 Å². The maximum Gasteiger partial charge on any atom is 0.245 e. The predicted octanol–water partition coefficient (Wildman–Crippen LogP) is -2.95. The second-order valence-corrected chi connectivity index (χ2v) is 2.92. The average molecular weight is 125 g/mol. The molecule has 48 valence electrons. The Labute approximate surface area is 56.0 Å². The van der Waals surface area contributed by atoms with E-state index in [0.717, 1.165) is 0 Å². The van der Waals surface area contributed by atoms with Crippen molar-refractivity contribution in [3.8, 4) is 0 Å². The highest BCUT2D eigenvalue weighted by molar-refractivity contribution is 6.41. The molecular formula is C4H9B2NO2. The molecule has 1 amide bonds. The quantitative estimate of drug-likeness (QED) is 0.351. The number of nitrogens with one attached hydrogen (secondary N) is 1. The maximum atomic E-state index is 10.6. The molecule has 0 atom stereocenters. The van der Waals surface area contributed by atoms with Gasteiger partial charge in [-0.3, -0.25) is 4.79 Å². The zero-order valence-electron chi connectivity index (χ0n) is 5.73. The normalized spacial score (nSPS) is 25.1. The number of amides is 1. The summed E-state index contributed by atoms with van der Waals surface area (Å²) >= 11 is 0. The fraction of sp³-hybridized carbons (Fsp3) is 0.750. The molecular weight excluding hydrogens is 116 g/mol. The molecule has 0 aliphatic carbocycles. The lowest BCUT2D eigenvalue weighted by Crippen LogP contribution is -2.58. The van der Waals surface area contributed by atoms with Gasteiger partial charge in [0.2, 0.25) is 5.91 Å². The molecule has 1 saturated heterocycles. The van der Waals surface area contributed by atoms with Crippen molar-refractivity contribution in [2.24, 2.45) is 0 Å². The summed E-state index contributed by atoms with van der Waals surface area (Å²) in [5.41, 5.74) is 0. The van der Waals surface area contributed by atoms with Crippen molar-refractivity contribution in [2.75, 3.05) is 13.2 Å². The highest BCUT2D eigenvalue weighted by Crippen LogP contribution is 1.98. The molecule has 5 heteroatoms. The van der Waals surface area contributed by atoms with Gasteiger partial charge in [-0.05, 0) is 0 Å². The average Bonchev–Trinajstić information content (AvgIpc) is 1.60. The van der Waals surface area contributed by atoms with Gasteiger partial charge in [0, 0.05) is 5.34 Å². The lowest BCUT2D eigenvalue weighted by Gasteiger charge is -2.30. The summed E-state index contributed by atoms with van der Waals surface area (Å²) in [5, 5.41) is 2.62. The van der Waals surface area contributed by atoms with Crippen LogP contribution in [-0.4, -0.2) is 40.2 Å². The molecule has 1 rings (SSSR count). The lowest BCUT2D eigenvalue weighted by molar-refractivity contribution is -0.130. The maximum absolute atomic E-state index is 10.6. The minimum atomic E-state index is -0.171. The summed E-state index contributed by atoms with van der Waals surface area (Å²) in [7, 11) is 3.87. The molecule has 0 bridgehead atoms. The summed E-state index contributed by atoms with van der Waals surface area (Å²) < 4.78 is 4.98. The molecule has 0 radical (unpaired) electrons. The van der Waals surface area contributed by atoms with E-state index in [-0.39, 0.29) is 17.9 Å². The monoisotopic (exact) mass is 125 g/mol. The van der Waals surface area contributed by atoms with Crippen LogP contribution in [0, 0.1) is 0 Å². The molecule has 0 unspecified atom stereocenters. The van der Waals surface area contributed by atoms with Crippen LogP contribution in [0.3, 0.4) is 0 Å². The number of carbonyl (C=O) groups excluding carboxylic acids is 1. The van der Waals surface area contributed by atoms with Crippen molar-refractivity contribution in [3.05, 3.63) is 0 Å².